The normalized spacial score (nSPS) is 10.7. The van der Waals surface area contributed by atoms with Crippen LogP contribution in [0.4, 0.5) is 10.1 Å². The lowest BCUT2D eigenvalue weighted by Gasteiger charge is -2.21. The van der Waals surface area contributed by atoms with Gasteiger partial charge in [-0.05, 0) is 56.3 Å². The number of esters is 1. The van der Waals surface area contributed by atoms with Gasteiger partial charge < -0.3 is 9.64 Å². The Morgan fingerprint density at radius 1 is 1.15 bits per heavy atom. The van der Waals surface area contributed by atoms with E-state index in [0.717, 1.165) is 22.6 Å². The van der Waals surface area contributed by atoms with Crippen molar-refractivity contribution in [3.05, 3.63) is 83.4 Å². The summed E-state index contributed by atoms with van der Waals surface area (Å²) in [5.74, 6) is -1.64. The highest BCUT2D eigenvalue weighted by atomic mass is 19.1. The summed E-state index contributed by atoms with van der Waals surface area (Å²) in [7, 11) is 0. The fraction of sp³-hybridized carbons (Fsp3) is 0.200. The highest BCUT2D eigenvalue weighted by molar-refractivity contribution is 5.96. The first kappa shape index (κ1) is 23.4. The maximum absolute atomic E-state index is 13.2. The van der Waals surface area contributed by atoms with E-state index in [0.29, 0.717) is 5.69 Å². The quantitative estimate of drug-likeness (QED) is 0.383. The van der Waals surface area contributed by atoms with Gasteiger partial charge in [0.15, 0.2) is 6.61 Å². The van der Waals surface area contributed by atoms with Crippen LogP contribution in [0.25, 0.3) is 11.8 Å². The second-order valence-corrected chi connectivity index (χ2v) is 7.20. The van der Waals surface area contributed by atoms with Crippen LogP contribution >= 0.6 is 0 Å². The summed E-state index contributed by atoms with van der Waals surface area (Å²) < 4.78 is 20.1. The molecule has 0 atom stereocenters. The number of carbonyl (C=O) groups is 2. The van der Waals surface area contributed by atoms with Crippen LogP contribution in [0.2, 0.25) is 0 Å². The number of para-hydroxylation sites is 1. The van der Waals surface area contributed by atoms with Crippen LogP contribution in [-0.2, 0) is 14.3 Å². The number of halogens is 1. The minimum Gasteiger partial charge on any atom is -0.452 e. The number of nitrogens with zero attached hydrogens (tertiary/aromatic N) is 4. The summed E-state index contributed by atoms with van der Waals surface area (Å²) in [6, 6.07) is 16.9. The van der Waals surface area contributed by atoms with Crippen molar-refractivity contribution in [1.82, 2.24) is 9.78 Å². The maximum atomic E-state index is 13.2. The van der Waals surface area contributed by atoms with Crippen molar-refractivity contribution in [1.29, 1.82) is 5.26 Å². The highest BCUT2D eigenvalue weighted by Crippen LogP contribution is 2.19. The van der Waals surface area contributed by atoms with E-state index in [4.69, 9.17) is 10.00 Å². The third-order valence-corrected chi connectivity index (χ3v) is 4.96. The second-order valence-electron chi connectivity index (χ2n) is 7.20. The third kappa shape index (κ3) is 5.92. The molecule has 0 aliphatic rings. The first-order chi connectivity index (χ1) is 15.9. The number of benzene rings is 2. The van der Waals surface area contributed by atoms with Crippen molar-refractivity contribution >= 4 is 23.6 Å². The van der Waals surface area contributed by atoms with Crippen LogP contribution in [0.3, 0.4) is 0 Å². The molecule has 0 fully saturated rings. The van der Waals surface area contributed by atoms with Crippen molar-refractivity contribution < 1.29 is 18.7 Å². The number of hydrogen-bond donors (Lipinski definition) is 0. The molecule has 1 amide bonds. The standard InChI is InChI=1S/C25H23FN4O3/c1-18-23(19(2)30(28-18)22-7-4-3-5-8-22)13-14-25(32)33-17-24(31)29(16-6-15-27)21-11-9-20(26)10-12-21/h3-5,7-14H,6,16-17H2,1-2H3/b14-13+. The largest absolute Gasteiger partial charge is 0.452 e. The van der Waals surface area contributed by atoms with Gasteiger partial charge in [-0.1, -0.05) is 18.2 Å². The van der Waals surface area contributed by atoms with Gasteiger partial charge in [-0.2, -0.15) is 10.4 Å². The summed E-state index contributed by atoms with van der Waals surface area (Å²) in [6.07, 6.45) is 2.94. The molecule has 3 rings (SSSR count). The molecule has 0 saturated heterocycles. The molecular weight excluding hydrogens is 423 g/mol. The van der Waals surface area contributed by atoms with Crippen LogP contribution in [0.5, 0.6) is 0 Å². The molecule has 8 heteroatoms. The molecule has 0 aliphatic heterocycles. The van der Waals surface area contributed by atoms with Crippen LogP contribution in [0.1, 0.15) is 23.4 Å². The van der Waals surface area contributed by atoms with Crippen LogP contribution in [0, 0.1) is 31.0 Å². The van der Waals surface area contributed by atoms with E-state index in [2.05, 4.69) is 5.10 Å². The number of nitriles is 1. The molecule has 0 N–H and O–H groups in total. The number of aryl methyl sites for hydroxylation is 1. The lowest BCUT2D eigenvalue weighted by Crippen LogP contribution is -2.35. The number of amides is 1. The van der Waals surface area contributed by atoms with Crippen LogP contribution < -0.4 is 4.90 Å². The van der Waals surface area contributed by atoms with Gasteiger partial charge in [0.05, 0.1) is 23.9 Å². The van der Waals surface area contributed by atoms with Gasteiger partial charge in [0.2, 0.25) is 0 Å². The Balaban J connectivity index is 1.65. The van der Waals surface area contributed by atoms with E-state index >= 15 is 0 Å². The van der Waals surface area contributed by atoms with E-state index < -0.39 is 24.3 Å². The van der Waals surface area contributed by atoms with Gasteiger partial charge >= 0.3 is 5.97 Å². The molecule has 0 spiro atoms. The van der Waals surface area contributed by atoms with Crippen LogP contribution in [-0.4, -0.2) is 34.8 Å². The van der Waals surface area contributed by atoms with Gasteiger partial charge in [0.25, 0.3) is 5.91 Å². The van der Waals surface area contributed by atoms with Gasteiger partial charge in [-0.3, -0.25) is 4.79 Å². The predicted octanol–water partition coefficient (Wildman–Crippen LogP) is 4.13. The molecule has 0 bridgehead atoms. The summed E-state index contributed by atoms with van der Waals surface area (Å²) in [5.41, 5.74) is 3.71. The molecule has 3 aromatic rings. The first-order valence-corrected chi connectivity index (χ1v) is 10.3. The van der Waals surface area contributed by atoms with Crippen molar-refractivity contribution in [3.8, 4) is 11.8 Å². The monoisotopic (exact) mass is 446 g/mol. The number of carbonyl (C=O) groups excluding carboxylic acids is 2. The highest BCUT2D eigenvalue weighted by Gasteiger charge is 2.17. The maximum Gasteiger partial charge on any atom is 0.331 e. The molecule has 1 heterocycles. The zero-order chi connectivity index (χ0) is 23.8. The molecule has 0 aliphatic carbocycles. The number of rotatable bonds is 8. The van der Waals surface area contributed by atoms with Gasteiger partial charge in [-0.25, -0.2) is 13.9 Å². The minimum absolute atomic E-state index is 0.0842. The second kappa shape index (κ2) is 10.9. The molecular formula is C25H23FN4O3. The minimum atomic E-state index is -0.686. The Labute approximate surface area is 191 Å². The molecule has 168 valence electrons. The molecule has 7 nitrogen and oxygen atoms in total. The van der Waals surface area contributed by atoms with Crippen LogP contribution in [0.15, 0.2) is 60.7 Å². The Hall–Kier alpha value is -4.25. The summed E-state index contributed by atoms with van der Waals surface area (Å²) >= 11 is 0. The van der Waals surface area contributed by atoms with Gasteiger partial charge in [-0.15, -0.1) is 0 Å². The molecule has 33 heavy (non-hydrogen) atoms. The fourth-order valence-electron chi connectivity index (χ4n) is 3.31. The number of anilines is 1. The van der Waals surface area contributed by atoms with E-state index in [9.17, 15) is 14.0 Å². The zero-order valence-electron chi connectivity index (χ0n) is 18.4. The summed E-state index contributed by atoms with van der Waals surface area (Å²) in [6.45, 7) is 3.34. The Morgan fingerprint density at radius 2 is 1.85 bits per heavy atom. The van der Waals surface area contributed by atoms with E-state index in [-0.39, 0.29) is 13.0 Å². The van der Waals surface area contributed by atoms with Crippen molar-refractivity contribution in [2.45, 2.75) is 20.3 Å². The van der Waals surface area contributed by atoms with Crippen molar-refractivity contribution in [2.75, 3.05) is 18.1 Å². The van der Waals surface area contributed by atoms with E-state index in [1.807, 2.05) is 50.2 Å². The summed E-state index contributed by atoms with van der Waals surface area (Å²) in [5, 5.41) is 13.4. The fourth-order valence-corrected chi connectivity index (χ4v) is 3.31. The third-order valence-electron chi connectivity index (χ3n) is 4.96. The summed E-state index contributed by atoms with van der Waals surface area (Å²) in [4.78, 5) is 26.1. The SMILES string of the molecule is Cc1nn(-c2ccccc2)c(C)c1/C=C/C(=O)OCC(=O)N(CCC#N)c1ccc(F)cc1. The Bertz CT molecular complexity index is 1190. The molecule has 0 unspecified atom stereocenters. The average molecular weight is 446 g/mol. The molecule has 0 radical (unpaired) electrons. The topological polar surface area (TPSA) is 88.2 Å². The number of aromatic nitrogens is 2. The molecule has 0 saturated carbocycles. The zero-order valence-corrected chi connectivity index (χ0v) is 18.4. The molecule has 2 aromatic carbocycles. The predicted molar refractivity (Wildman–Crippen MR) is 122 cm³/mol. The van der Waals surface area contributed by atoms with E-state index in [1.165, 1.54) is 35.2 Å². The van der Waals surface area contributed by atoms with Crippen molar-refractivity contribution in [2.24, 2.45) is 0 Å². The Kier molecular flexibility index (Phi) is 7.71. The lowest BCUT2D eigenvalue weighted by atomic mass is 10.2. The first-order valence-electron chi connectivity index (χ1n) is 10.3. The lowest BCUT2D eigenvalue weighted by molar-refractivity contribution is -0.142. The van der Waals surface area contributed by atoms with E-state index in [1.54, 1.807) is 10.8 Å². The smallest absolute Gasteiger partial charge is 0.331 e. The van der Waals surface area contributed by atoms with Crippen molar-refractivity contribution in [3.63, 3.8) is 0 Å². The van der Waals surface area contributed by atoms with Gasteiger partial charge in [0.1, 0.15) is 5.82 Å². The average Bonchev–Trinajstić information content (AvgIpc) is 3.11. The number of ether oxygens (including phenoxy) is 1. The molecule has 1 aromatic heterocycles. The van der Waals surface area contributed by atoms with Gasteiger partial charge in [0, 0.05) is 29.6 Å². The Morgan fingerprint density at radius 3 is 2.52 bits per heavy atom. The number of hydrogen-bond acceptors (Lipinski definition) is 5.